The van der Waals surface area contributed by atoms with Gasteiger partial charge in [-0.05, 0) is 70.5 Å². The maximum atomic E-state index is 13.3. The van der Waals surface area contributed by atoms with Crippen LogP contribution in [0.15, 0.2) is 24.3 Å². The van der Waals surface area contributed by atoms with Crippen LogP contribution in [0.1, 0.15) is 6.92 Å². The molecule has 0 unspecified atom stereocenters. The van der Waals surface area contributed by atoms with Crippen molar-refractivity contribution in [1.29, 1.82) is 0 Å². The average molecular weight is 347 g/mol. The first-order valence-corrected chi connectivity index (χ1v) is 15.6. The third kappa shape index (κ3) is 6.49. The Morgan fingerprint density at radius 2 is 1.33 bits per heavy atom. The highest BCUT2D eigenvalue weighted by atomic mass is 31.2. The zero-order valence-electron chi connectivity index (χ0n) is 14.1. The van der Waals surface area contributed by atoms with E-state index in [4.69, 9.17) is 13.2 Å². The fourth-order valence-electron chi connectivity index (χ4n) is 1.74. The fourth-order valence-corrected chi connectivity index (χ4v) is 9.35. The molecule has 1 aromatic carbocycles. The van der Waals surface area contributed by atoms with Crippen LogP contribution in [-0.2, 0) is 13.0 Å². The van der Waals surface area contributed by atoms with Crippen molar-refractivity contribution in [3.63, 3.8) is 0 Å². The topological polar surface area (TPSA) is 44.8 Å². The van der Waals surface area contributed by atoms with Gasteiger partial charge in [-0.25, -0.2) is 0 Å². The molecular weight excluding hydrogens is 319 g/mol. The van der Waals surface area contributed by atoms with E-state index >= 15 is 0 Å². The second kappa shape index (κ2) is 6.79. The molecule has 0 aromatic heterocycles. The van der Waals surface area contributed by atoms with Crippen molar-refractivity contribution < 1.29 is 17.7 Å². The molecule has 0 aliphatic heterocycles. The highest BCUT2D eigenvalue weighted by Crippen LogP contribution is 2.51. The van der Waals surface area contributed by atoms with E-state index in [1.807, 2.05) is 58.3 Å². The molecule has 1 aromatic rings. The van der Waals surface area contributed by atoms with E-state index in [9.17, 15) is 4.57 Å². The molecule has 0 amide bonds. The number of rotatable bonds is 7. The van der Waals surface area contributed by atoms with Gasteiger partial charge in [0.15, 0.2) is 16.6 Å². The van der Waals surface area contributed by atoms with E-state index < -0.39 is 24.2 Å². The van der Waals surface area contributed by atoms with Crippen LogP contribution in [0.25, 0.3) is 0 Å². The number of ether oxygens (including phenoxy) is 1. The quantitative estimate of drug-likeness (QED) is 0.534. The van der Waals surface area contributed by atoms with Crippen molar-refractivity contribution in [1.82, 2.24) is 0 Å². The maximum Gasteiger partial charge on any atom is 0.342 e. The van der Waals surface area contributed by atoms with E-state index in [0.29, 0.717) is 11.9 Å². The Morgan fingerprint density at radius 3 is 1.67 bits per heavy atom. The minimum absolute atomic E-state index is 0.605. The molecule has 120 valence electrons. The van der Waals surface area contributed by atoms with Crippen molar-refractivity contribution in [3.05, 3.63) is 24.3 Å². The zero-order valence-corrected chi connectivity index (χ0v) is 17.0. The summed E-state index contributed by atoms with van der Waals surface area (Å²) in [6.07, 6.45) is 0. The summed E-state index contributed by atoms with van der Waals surface area (Å²) in [7, 11) is -7.29. The molecule has 0 bridgehead atoms. The van der Waals surface area contributed by atoms with Gasteiger partial charge in [0.2, 0.25) is 0 Å². The Bertz CT molecular complexity index is 483. The van der Waals surface area contributed by atoms with Crippen LogP contribution in [0.3, 0.4) is 0 Å². The summed E-state index contributed by atoms with van der Waals surface area (Å²) in [6.45, 7) is 14.6. The Kier molecular flexibility index (Phi) is 6.03. The molecular formula is C14H27O4PSi2. The molecule has 1 rings (SSSR count). The molecule has 0 saturated heterocycles. The highest BCUT2D eigenvalue weighted by molar-refractivity contribution is 7.65. The van der Waals surface area contributed by atoms with Crippen LogP contribution in [0, 0.1) is 0 Å². The van der Waals surface area contributed by atoms with E-state index in [2.05, 4.69) is 0 Å². The van der Waals surface area contributed by atoms with Gasteiger partial charge in [-0.3, -0.25) is 4.57 Å². The second-order valence-electron chi connectivity index (χ2n) is 6.83. The Morgan fingerprint density at radius 1 is 0.905 bits per heavy atom. The van der Waals surface area contributed by atoms with Crippen molar-refractivity contribution >= 4 is 29.5 Å². The van der Waals surface area contributed by atoms with Crippen LogP contribution in [0.2, 0.25) is 39.3 Å². The molecule has 4 nitrogen and oxygen atoms in total. The van der Waals surface area contributed by atoms with Crippen molar-refractivity contribution in [2.24, 2.45) is 0 Å². The molecule has 0 fully saturated rings. The van der Waals surface area contributed by atoms with Crippen LogP contribution >= 0.6 is 7.60 Å². The lowest BCUT2D eigenvalue weighted by molar-refractivity contribution is 0.340. The first kappa shape index (κ1) is 18.7. The summed E-state index contributed by atoms with van der Waals surface area (Å²) in [6, 6.07) is 7.19. The van der Waals surface area contributed by atoms with Gasteiger partial charge in [-0.15, -0.1) is 0 Å². The lowest BCUT2D eigenvalue weighted by atomic mass is 10.3. The van der Waals surface area contributed by atoms with E-state index in [1.54, 1.807) is 12.1 Å². The number of hydrogen-bond acceptors (Lipinski definition) is 4. The standard InChI is InChI=1S/C14H27O4PSi2/c1-8-16-13-9-11-14(12-10-13)19(15,17-20(2,3)4)18-21(5,6)7/h9-12H,8H2,1-7H3. The monoisotopic (exact) mass is 346 g/mol. The summed E-state index contributed by atoms with van der Waals surface area (Å²) in [5.41, 5.74) is 0. The SMILES string of the molecule is CCOc1ccc(P(=O)(O[Si](C)(C)C)O[Si](C)(C)C)cc1. The lowest BCUT2D eigenvalue weighted by Gasteiger charge is -2.31. The smallest absolute Gasteiger partial charge is 0.342 e. The van der Waals surface area contributed by atoms with Gasteiger partial charge < -0.3 is 13.2 Å². The molecule has 0 N–H and O–H groups in total. The van der Waals surface area contributed by atoms with Gasteiger partial charge in [-0.1, -0.05) is 0 Å². The molecule has 0 radical (unpaired) electrons. The molecule has 0 saturated carbocycles. The Labute approximate surface area is 130 Å². The zero-order chi connectivity index (χ0) is 16.3. The van der Waals surface area contributed by atoms with E-state index in [1.165, 1.54) is 0 Å². The highest BCUT2D eigenvalue weighted by Gasteiger charge is 2.38. The Balaban J connectivity index is 3.14. The number of hydrogen-bond donors (Lipinski definition) is 0. The molecule has 7 heteroatoms. The van der Waals surface area contributed by atoms with E-state index in [0.717, 1.165) is 5.75 Å². The predicted octanol–water partition coefficient (Wildman–Crippen LogP) is 4.61. The van der Waals surface area contributed by atoms with Crippen LogP contribution < -0.4 is 10.0 Å². The molecule has 0 heterocycles. The summed E-state index contributed by atoms with van der Waals surface area (Å²) in [5.74, 6) is 0.758. The summed E-state index contributed by atoms with van der Waals surface area (Å²) >= 11 is 0. The summed E-state index contributed by atoms with van der Waals surface area (Å²) < 4.78 is 30.6. The van der Waals surface area contributed by atoms with Gasteiger partial charge >= 0.3 is 7.60 Å². The van der Waals surface area contributed by atoms with Crippen molar-refractivity contribution in [3.8, 4) is 5.75 Å². The van der Waals surface area contributed by atoms with Gasteiger partial charge in [-0.2, -0.15) is 0 Å². The van der Waals surface area contributed by atoms with Gasteiger partial charge in [0.1, 0.15) is 5.75 Å². The van der Waals surface area contributed by atoms with Gasteiger partial charge in [0.05, 0.1) is 11.9 Å². The lowest BCUT2D eigenvalue weighted by Crippen LogP contribution is -2.33. The largest absolute Gasteiger partial charge is 0.494 e. The van der Waals surface area contributed by atoms with Crippen LogP contribution in [0.5, 0.6) is 5.75 Å². The summed E-state index contributed by atoms with van der Waals surface area (Å²) in [4.78, 5) is 0. The van der Waals surface area contributed by atoms with Gasteiger partial charge in [0.25, 0.3) is 0 Å². The van der Waals surface area contributed by atoms with Crippen molar-refractivity contribution in [2.45, 2.75) is 46.2 Å². The van der Waals surface area contributed by atoms with Gasteiger partial charge in [0, 0.05) is 0 Å². The minimum Gasteiger partial charge on any atom is -0.494 e. The second-order valence-corrected chi connectivity index (χ2v) is 18.3. The predicted molar refractivity (Wildman–Crippen MR) is 93.7 cm³/mol. The first-order valence-electron chi connectivity index (χ1n) is 7.20. The molecule has 0 spiro atoms. The third-order valence-electron chi connectivity index (χ3n) is 2.25. The normalized spacial score (nSPS) is 13.3. The van der Waals surface area contributed by atoms with Crippen molar-refractivity contribution in [2.75, 3.05) is 6.61 Å². The first-order chi connectivity index (χ1) is 9.45. The van der Waals surface area contributed by atoms with Crippen LogP contribution in [-0.4, -0.2) is 23.2 Å². The minimum atomic E-state index is -3.29. The van der Waals surface area contributed by atoms with Crippen LogP contribution in [0.4, 0.5) is 0 Å². The third-order valence-corrected chi connectivity index (χ3v) is 9.49. The van der Waals surface area contributed by atoms with E-state index in [-0.39, 0.29) is 0 Å². The number of benzene rings is 1. The average Bonchev–Trinajstić information content (AvgIpc) is 2.24. The summed E-state index contributed by atoms with van der Waals surface area (Å²) in [5, 5.41) is 0.607. The molecule has 0 atom stereocenters. The maximum absolute atomic E-state index is 13.3. The Hall–Kier alpha value is -0.396. The molecule has 0 aliphatic rings. The molecule has 21 heavy (non-hydrogen) atoms. The fraction of sp³-hybridized carbons (Fsp3) is 0.571. The molecule has 0 aliphatic carbocycles.